The molecule has 0 bridgehead atoms. The Morgan fingerprint density at radius 1 is 1.22 bits per heavy atom. The van der Waals surface area contributed by atoms with Crippen molar-refractivity contribution in [3.63, 3.8) is 0 Å². The van der Waals surface area contributed by atoms with Gasteiger partial charge >= 0.3 is 0 Å². The molecule has 0 aliphatic rings. The molecule has 138 valence electrons. The molecule has 0 unspecified atom stereocenters. The monoisotopic (exact) mass is 475 g/mol. The molecule has 0 aliphatic carbocycles. The number of anilines is 2. The first-order valence-corrected chi connectivity index (χ1v) is 9.31. The van der Waals surface area contributed by atoms with Crippen molar-refractivity contribution >= 4 is 34.0 Å². The molecule has 1 heterocycles. The van der Waals surface area contributed by atoms with E-state index in [-0.39, 0.29) is 5.89 Å². The minimum atomic E-state index is -0.780. The third kappa shape index (κ3) is 4.04. The van der Waals surface area contributed by atoms with Crippen LogP contribution in [0.2, 0.25) is 0 Å². The number of hydrogen-bond acceptors (Lipinski definition) is 7. The van der Waals surface area contributed by atoms with Gasteiger partial charge in [-0.05, 0) is 78.4 Å². The summed E-state index contributed by atoms with van der Waals surface area (Å²) in [5.74, 6) is 0.624. The number of aromatic nitrogens is 2. The molecule has 4 N–H and O–H groups in total. The highest BCUT2D eigenvalue weighted by molar-refractivity contribution is 14.1. The highest BCUT2D eigenvalue weighted by atomic mass is 127. The van der Waals surface area contributed by atoms with Crippen molar-refractivity contribution < 1.29 is 9.52 Å². The predicted octanol–water partition coefficient (Wildman–Crippen LogP) is 3.64. The van der Waals surface area contributed by atoms with E-state index in [1.54, 1.807) is 37.3 Å². The van der Waals surface area contributed by atoms with Crippen LogP contribution in [0.4, 0.5) is 11.4 Å². The summed E-state index contributed by atoms with van der Waals surface area (Å²) in [6.45, 7) is 3.56. The predicted molar refractivity (Wildman–Crippen MR) is 111 cm³/mol. The van der Waals surface area contributed by atoms with E-state index in [4.69, 9.17) is 15.4 Å². The number of rotatable bonds is 5. The summed E-state index contributed by atoms with van der Waals surface area (Å²) < 4.78 is 6.64. The van der Waals surface area contributed by atoms with Crippen molar-refractivity contribution in [2.45, 2.75) is 26.0 Å². The second-order valence-corrected chi connectivity index (χ2v) is 7.22. The maximum Gasteiger partial charge on any atom is 0.247 e. The Kier molecular flexibility index (Phi) is 5.62. The fourth-order valence-corrected chi connectivity index (χ4v) is 3.18. The number of nitrogens with zero attached hydrogens (tertiary/aromatic N) is 3. The SMILES string of the molecule is Cc1c(N[C@@H](c2nnc(-c3ccc(N)cc3)o2)[C@@H](C)O)ccc(C#N)c1I. The Labute approximate surface area is 170 Å². The first kappa shape index (κ1) is 19.1. The Morgan fingerprint density at radius 3 is 2.56 bits per heavy atom. The van der Waals surface area contributed by atoms with Crippen LogP contribution in [-0.4, -0.2) is 21.4 Å². The molecule has 0 radical (unpaired) electrons. The molecule has 0 saturated carbocycles. The van der Waals surface area contributed by atoms with Crippen LogP contribution in [0.15, 0.2) is 40.8 Å². The molecule has 0 aliphatic heterocycles. The van der Waals surface area contributed by atoms with E-state index in [1.807, 2.05) is 13.0 Å². The average Bonchev–Trinajstić information content (AvgIpc) is 3.13. The highest BCUT2D eigenvalue weighted by Gasteiger charge is 2.25. The second kappa shape index (κ2) is 7.94. The Morgan fingerprint density at radius 2 is 1.93 bits per heavy atom. The smallest absolute Gasteiger partial charge is 0.247 e. The van der Waals surface area contributed by atoms with Crippen LogP contribution in [0.25, 0.3) is 11.5 Å². The topological polar surface area (TPSA) is 121 Å². The number of nitriles is 1. The number of benzene rings is 2. The van der Waals surface area contributed by atoms with Gasteiger partial charge in [-0.1, -0.05) is 0 Å². The lowest BCUT2D eigenvalue weighted by molar-refractivity contribution is 0.159. The highest BCUT2D eigenvalue weighted by Crippen LogP contribution is 2.30. The first-order chi connectivity index (χ1) is 12.9. The van der Waals surface area contributed by atoms with Gasteiger partial charge in [0, 0.05) is 20.5 Å². The molecule has 0 amide bonds. The molecule has 0 saturated heterocycles. The molecule has 0 spiro atoms. The van der Waals surface area contributed by atoms with Gasteiger partial charge in [0.1, 0.15) is 12.1 Å². The summed E-state index contributed by atoms with van der Waals surface area (Å²) >= 11 is 2.14. The summed E-state index contributed by atoms with van der Waals surface area (Å²) in [6, 6.07) is 12.2. The van der Waals surface area contributed by atoms with Crippen LogP contribution in [0, 0.1) is 21.8 Å². The number of aliphatic hydroxyl groups excluding tert-OH is 1. The van der Waals surface area contributed by atoms with E-state index >= 15 is 0 Å². The molecule has 0 fully saturated rings. The minimum Gasteiger partial charge on any atom is -0.418 e. The maximum atomic E-state index is 10.2. The van der Waals surface area contributed by atoms with Gasteiger partial charge in [0.15, 0.2) is 0 Å². The van der Waals surface area contributed by atoms with Crippen molar-refractivity contribution in [2.24, 2.45) is 0 Å². The van der Waals surface area contributed by atoms with E-state index in [1.165, 1.54) is 0 Å². The van der Waals surface area contributed by atoms with Gasteiger partial charge in [0.05, 0.1) is 11.7 Å². The van der Waals surface area contributed by atoms with Crippen LogP contribution < -0.4 is 11.1 Å². The fraction of sp³-hybridized carbons (Fsp3) is 0.211. The van der Waals surface area contributed by atoms with Crippen molar-refractivity contribution in [3.05, 3.63) is 57.0 Å². The fourth-order valence-electron chi connectivity index (χ4n) is 2.59. The summed E-state index contributed by atoms with van der Waals surface area (Å²) in [4.78, 5) is 0. The van der Waals surface area contributed by atoms with Crippen LogP contribution in [0.1, 0.15) is 30.0 Å². The average molecular weight is 475 g/mol. The standard InChI is InChI=1S/C19H18IN5O2/c1-10-15(8-5-13(9-21)16(10)20)23-17(11(2)26)19-25-24-18(27-19)12-3-6-14(22)7-4-12/h3-8,11,17,23,26H,22H2,1-2H3/t11-,17-/m1/s1. The van der Waals surface area contributed by atoms with Crippen LogP contribution in [0.3, 0.4) is 0 Å². The summed E-state index contributed by atoms with van der Waals surface area (Å²) in [7, 11) is 0. The van der Waals surface area contributed by atoms with Crippen molar-refractivity contribution in [2.75, 3.05) is 11.1 Å². The Hall–Kier alpha value is -2.64. The molecule has 27 heavy (non-hydrogen) atoms. The zero-order valence-electron chi connectivity index (χ0n) is 14.8. The molecule has 3 rings (SSSR count). The number of nitrogens with one attached hydrogen (secondary N) is 1. The van der Waals surface area contributed by atoms with Crippen LogP contribution in [0.5, 0.6) is 0 Å². The molecule has 3 aromatic rings. The van der Waals surface area contributed by atoms with Crippen molar-refractivity contribution in [1.82, 2.24) is 10.2 Å². The lowest BCUT2D eigenvalue weighted by Crippen LogP contribution is -2.23. The van der Waals surface area contributed by atoms with Gasteiger partial charge < -0.3 is 20.6 Å². The number of nitrogen functional groups attached to an aromatic ring is 1. The van der Waals surface area contributed by atoms with Gasteiger partial charge in [-0.25, -0.2) is 0 Å². The van der Waals surface area contributed by atoms with Gasteiger partial charge in [0.25, 0.3) is 0 Å². The zero-order valence-corrected chi connectivity index (χ0v) is 16.9. The molecular weight excluding hydrogens is 457 g/mol. The quantitative estimate of drug-likeness (QED) is 0.381. The largest absolute Gasteiger partial charge is 0.418 e. The van der Waals surface area contributed by atoms with E-state index in [0.29, 0.717) is 17.1 Å². The van der Waals surface area contributed by atoms with E-state index in [9.17, 15) is 5.11 Å². The molecule has 1 aromatic heterocycles. The molecule has 2 atom stereocenters. The lowest BCUT2D eigenvalue weighted by atomic mass is 10.1. The number of aliphatic hydroxyl groups is 1. The number of nitrogens with two attached hydrogens (primary N) is 1. The van der Waals surface area contributed by atoms with E-state index in [0.717, 1.165) is 20.4 Å². The van der Waals surface area contributed by atoms with Gasteiger partial charge in [0.2, 0.25) is 11.8 Å². The molecule has 7 nitrogen and oxygen atoms in total. The zero-order chi connectivity index (χ0) is 19.6. The third-order valence-electron chi connectivity index (χ3n) is 4.16. The Balaban J connectivity index is 1.90. The number of hydrogen-bond donors (Lipinski definition) is 3. The summed E-state index contributed by atoms with van der Waals surface area (Å²) in [6.07, 6.45) is -0.780. The minimum absolute atomic E-state index is 0.274. The first-order valence-electron chi connectivity index (χ1n) is 8.24. The van der Waals surface area contributed by atoms with Crippen molar-refractivity contribution in [3.8, 4) is 17.5 Å². The van der Waals surface area contributed by atoms with E-state index < -0.39 is 12.1 Å². The normalized spacial score (nSPS) is 13.0. The van der Waals surface area contributed by atoms with Crippen LogP contribution in [-0.2, 0) is 0 Å². The summed E-state index contributed by atoms with van der Waals surface area (Å²) in [5, 5.41) is 30.8. The Bertz CT molecular complexity index is 992. The molecular formula is C19H18IN5O2. The second-order valence-electron chi connectivity index (χ2n) is 6.14. The van der Waals surface area contributed by atoms with E-state index in [2.05, 4.69) is 44.2 Å². The lowest BCUT2D eigenvalue weighted by Gasteiger charge is -2.21. The van der Waals surface area contributed by atoms with Gasteiger partial charge in [-0.15, -0.1) is 10.2 Å². The van der Waals surface area contributed by atoms with Crippen LogP contribution >= 0.6 is 22.6 Å². The summed E-state index contributed by atoms with van der Waals surface area (Å²) in [5.41, 5.74) is 9.40. The maximum absolute atomic E-state index is 10.2. The van der Waals surface area contributed by atoms with Gasteiger partial charge in [-0.3, -0.25) is 0 Å². The molecule has 2 aromatic carbocycles. The van der Waals surface area contributed by atoms with Gasteiger partial charge in [-0.2, -0.15) is 5.26 Å². The number of halogens is 1. The molecule has 8 heteroatoms. The third-order valence-corrected chi connectivity index (χ3v) is 5.55. The van der Waals surface area contributed by atoms with Crippen molar-refractivity contribution in [1.29, 1.82) is 5.26 Å².